The Kier molecular flexibility index (Phi) is 5.17. The van der Waals surface area contributed by atoms with E-state index in [1.165, 1.54) is 0 Å². The van der Waals surface area contributed by atoms with Crippen molar-refractivity contribution in [2.75, 3.05) is 0 Å². The first-order valence-corrected chi connectivity index (χ1v) is 8.71. The topological polar surface area (TPSA) is 66.4 Å². The van der Waals surface area contributed by atoms with Crippen LogP contribution in [-0.4, -0.2) is 23.0 Å². The van der Waals surface area contributed by atoms with Crippen molar-refractivity contribution < 1.29 is 14.7 Å². The van der Waals surface area contributed by atoms with Crippen LogP contribution in [0.2, 0.25) is 0 Å². The lowest BCUT2D eigenvalue weighted by molar-refractivity contribution is -0.152. The number of carboxylic acids is 1. The van der Waals surface area contributed by atoms with Gasteiger partial charge in [0, 0.05) is 12.0 Å². The van der Waals surface area contributed by atoms with Gasteiger partial charge in [-0.15, -0.1) is 0 Å². The SMILES string of the molecule is CC(NC(=O)C1CCC1C(=O)O)C(c1ccccc1)c1ccccc1. The molecule has 0 aromatic heterocycles. The molecule has 2 aromatic rings. The van der Waals surface area contributed by atoms with Crippen LogP contribution in [-0.2, 0) is 9.59 Å². The molecule has 25 heavy (non-hydrogen) atoms. The number of aliphatic carboxylic acids is 1. The van der Waals surface area contributed by atoms with E-state index in [0.717, 1.165) is 11.1 Å². The first-order chi connectivity index (χ1) is 12.1. The number of carbonyl (C=O) groups is 2. The lowest BCUT2D eigenvalue weighted by Crippen LogP contribution is -2.48. The third-order valence-corrected chi connectivity index (χ3v) is 5.12. The molecule has 0 bridgehead atoms. The summed E-state index contributed by atoms with van der Waals surface area (Å²) in [6.07, 6.45) is 1.24. The maximum absolute atomic E-state index is 12.5. The Morgan fingerprint density at radius 3 is 1.80 bits per heavy atom. The summed E-state index contributed by atoms with van der Waals surface area (Å²) in [5, 5.41) is 12.2. The van der Waals surface area contributed by atoms with Gasteiger partial charge in [-0.05, 0) is 30.9 Å². The third-order valence-electron chi connectivity index (χ3n) is 5.12. The number of hydrogen-bond donors (Lipinski definition) is 2. The highest BCUT2D eigenvalue weighted by Crippen LogP contribution is 2.35. The van der Waals surface area contributed by atoms with E-state index in [9.17, 15) is 14.7 Å². The van der Waals surface area contributed by atoms with Crippen LogP contribution in [0.3, 0.4) is 0 Å². The van der Waals surface area contributed by atoms with Crippen LogP contribution in [0.1, 0.15) is 36.8 Å². The standard InChI is InChI=1S/C21H23NO3/c1-14(22-20(23)17-12-13-18(17)21(24)25)19(15-8-4-2-5-9-15)16-10-6-3-7-11-16/h2-11,14,17-19H,12-13H2,1H3,(H,22,23)(H,24,25). The van der Waals surface area contributed by atoms with Crippen molar-refractivity contribution in [2.24, 2.45) is 11.8 Å². The molecule has 1 aliphatic carbocycles. The molecule has 3 atom stereocenters. The zero-order valence-electron chi connectivity index (χ0n) is 14.3. The highest BCUT2D eigenvalue weighted by molar-refractivity contribution is 5.86. The summed E-state index contributed by atoms with van der Waals surface area (Å²) >= 11 is 0. The van der Waals surface area contributed by atoms with E-state index in [-0.39, 0.29) is 17.9 Å². The van der Waals surface area contributed by atoms with Crippen LogP contribution in [0.4, 0.5) is 0 Å². The van der Waals surface area contributed by atoms with Crippen molar-refractivity contribution in [3.05, 3.63) is 71.8 Å². The Balaban J connectivity index is 1.79. The molecule has 0 radical (unpaired) electrons. The van der Waals surface area contributed by atoms with Gasteiger partial charge >= 0.3 is 5.97 Å². The highest BCUT2D eigenvalue weighted by atomic mass is 16.4. The molecule has 4 nitrogen and oxygen atoms in total. The molecule has 1 amide bonds. The second kappa shape index (κ2) is 7.51. The quantitative estimate of drug-likeness (QED) is 0.848. The van der Waals surface area contributed by atoms with Gasteiger partial charge in [-0.2, -0.15) is 0 Å². The molecule has 0 spiro atoms. The highest BCUT2D eigenvalue weighted by Gasteiger charge is 2.42. The Bertz CT molecular complexity index is 690. The molecule has 1 saturated carbocycles. The fraction of sp³-hybridized carbons (Fsp3) is 0.333. The van der Waals surface area contributed by atoms with Crippen LogP contribution in [0, 0.1) is 11.8 Å². The fourth-order valence-corrected chi connectivity index (χ4v) is 3.61. The number of hydrogen-bond acceptors (Lipinski definition) is 2. The van der Waals surface area contributed by atoms with Crippen molar-refractivity contribution in [3.8, 4) is 0 Å². The van der Waals surface area contributed by atoms with Crippen molar-refractivity contribution in [1.29, 1.82) is 0 Å². The summed E-state index contributed by atoms with van der Waals surface area (Å²) in [5.41, 5.74) is 2.26. The average Bonchev–Trinajstić information content (AvgIpc) is 2.55. The minimum absolute atomic E-state index is 0.0229. The Hall–Kier alpha value is -2.62. The maximum atomic E-state index is 12.5. The molecule has 3 unspecified atom stereocenters. The second-order valence-corrected chi connectivity index (χ2v) is 6.72. The number of rotatable bonds is 6. The van der Waals surface area contributed by atoms with Crippen LogP contribution in [0.25, 0.3) is 0 Å². The van der Waals surface area contributed by atoms with E-state index in [0.29, 0.717) is 12.8 Å². The maximum Gasteiger partial charge on any atom is 0.307 e. The zero-order chi connectivity index (χ0) is 17.8. The van der Waals surface area contributed by atoms with Gasteiger partial charge in [0.05, 0.1) is 11.8 Å². The van der Waals surface area contributed by atoms with Crippen molar-refractivity contribution in [1.82, 2.24) is 5.32 Å². The van der Waals surface area contributed by atoms with E-state index in [2.05, 4.69) is 29.6 Å². The molecule has 0 saturated heterocycles. The minimum Gasteiger partial charge on any atom is -0.481 e. The minimum atomic E-state index is -0.873. The van der Waals surface area contributed by atoms with Crippen molar-refractivity contribution >= 4 is 11.9 Å². The Labute approximate surface area is 147 Å². The molecule has 130 valence electrons. The van der Waals surface area contributed by atoms with E-state index in [1.807, 2.05) is 43.3 Å². The number of carboxylic acid groups (broad SMARTS) is 1. The van der Waals surface area contributed by atoms with E-state index in [4.69, 9.17) is 0 Å². The van der Waals surface area contributed by atoms with Crippen LogP contribution in [0.15, 0.2) is 60.7 Å². The van der Waals surface area contributed by atoms with Gasteiger partial charge in [0.25, 0.3) is 0 Å². The summed E-state index contributed by atoms with van der Waals surface area (Å²) in [4.78, 5) is 23.7. The van der Waals surface area contributed by atoms with E-state index in [1.54, 1.807) is 0 Å². The molecular formula is C21H23NO3. The number of amides is 1. The molecule has 1 fully saturated rings. The van der Waals surface area contributed by atoms with Gasteiger partial charge in [0.2, 0.25) is 5.91 Å². The van der Waals surface area contributed by atoms with Gasteiger partial charge in [0.15, 0.2) is 0 Å². The average molecular weight is 337 g/mol. The largest absolute Gasteiger partial charge is 0.481 e. The summed E-state index contributed by atoms with van der Waals surface area (Å²) in [5.74, 6) is -1.95. The molecule has 1 aliphatic rings. The zero-order valence-corrected chi connectivity index (χ0v) is 14.3. The molecule has 2 N–H and O–H groups in total. The third kappa shape index (κ3) is 3.73. The Morgan fingerprint density at radius 1 is 0.920 bits per heavy atom. The summed E-state index contributed by atoms with van der Waals surface area (Å²) in [6.45, 7) is 1.98. The lowest BCUT2D eigenvalue weighted by Gasteiger charge is -2.34. The first-order valence-electron chi connectivity index (χ1n) is 8.71. The van der Waals surface area contributed by atoms with Crippen molar-refractivity contribution in [3.63, 3.8) is 0 Å². The van der Waals surface area contributed by atoms with Crippen LogP contribution < -0.4 is 5.32 Å². The first kappa shape index (κ1) is 17.2. The molecule has 0 aliphatic heterocycles. The summed E-state index contributed by atoms with van der Waals surface area (Å²) < 4.78 is 0. The lowest BCUT2D eigenvalue weighted by atomic mass is 9.73. The molecule has 3 rings (SSSR count). The number of benzene rings is 2. The molecular weight excluding hydrogens is 314 g/mol. The summed E-state index contributed by atoms with van der Waals surface area (Å²) in [7, 11) is 0. The fourth-order valence-electron chi connectivity index (χ4n) is 3.61. The monoisotopic (exact) mass is 337 g/mol. The van der Waals surface area contributed by atoms with Crippen molar-refractivity contribution in [2.45, 2.75) is 31.7 Å². The predicted molar refractivity (Wildman–Crippen MR) is 96.2 cm³/mol. The molecule has 2 aromatic carbocycles. The van der Waals surface area contributed by atoms with Gasteiger partial charge in [-0.3, -0.25) is 9.59 Å². The van der Waals surface area contributed by atoms with Gasteiger partial charge in [-0.1, -0.05) is 60.7 Å². The normalized spacial score (nSPS) is 20.6. The van der Waals surface area contributed by atoms with Gasteiger partial charge < -0.3 is 10.4 Å². The van der Waals surface area contributed by atoms with Gasteiger partial charge in [0.1, 0.15) is 0 Å². The molecule has 4 heteroatoms. The number of carbonyl (C=O) groups excluding carboxylic acids is 1. The number of nitrogens with one attached hydrogen (secondary N) is 1. The second-order valence-electron chi connectivity index (χ2n) is 6.72. The Morgan fingerprint density at radius 2 is 1.40 bits per heavy atom. The summed E-state index contributed by atoms with van der Waals surface area (Å²) in [6, 6.07) is 20.0. The smallest absolute Gasteiger partial charge is 0.307 e. The van der Waals surface area contributed by atoms with Crippen LogP contribution in [0.5, 0.6) is 0 Å². The van der Waals surface area contributed by atoms with E-state index < -0.39 is 17.8 Å². The van der Waals surface area contributed by atoms with E-state index >= 15 is 0 Å². The predicted octanol–water partition coefficient (Wildman–Crippen LogP) is 3.43. The van der Waals surface area contributed by atoms with Gasteiger partial charge in [-0.25, -0.2) is 0 Å². The molecule has 0 heterocycles. The van der Waals surface area contributed by atoms with Crippen LogP contribution >= 0.6 is 0 Å².